The minimum atomic E-state index is -1.33. The summed E-state index contributed by atoms with van der Waals surface area (Å²) in [4.78, 5) is 11.4. The van der Waals surface area contributed by atoms with Gasteiger partial charge in [0.2, 0.25) is 0 Å². The summed E-state index contributed by atoms with van der Waals surface area (Å²) in [5.41, 5.74) is 0.922. The fourth-order valence-electron chi connectivity index (χ4n) is 2.08. The molecule has 1 aromatic carbocycles. The third-order valence-corrected chi connectivity index (χ3v) is 2.97. The molecule has 0 aromatic heterocycles. The lowest BCUT2D eigenvalue weighted by Crippen LogP contribution is -2.44. The zero-order valence-electron chi connectivity index (χ0n) is 8.69. The predicted octanol–water partition coefficient (Wildman–Crippen LogP) is 1.08. The zero-order chi connectivity index (χ0) is 10.9. The molecule has 0 aliphatic heterocycles. The molecule has 1 aliphatic rings. The Balaban J connectivity index is 2.28. The van der Waals surface area contributed by atoms with Gasteiger partial charge in [-0.1, -0.05) is 24.3 Å². The second kappa shape index (κ2) is 3.66. The van der Waals surface area contributed by atoms with Crippen molar-refractivity contribution in [2.75, 3.05) is 7.11 Å². The van der Waals surface area contributed by atoms with Gasteiger partial charge in [0.15, 0.2) is 5.60 Å². The lowest BCUT2D eigenvalue weighted by atomic mass is 9.80. The molecule has 1 N–H and O–H groups in total. The quantitative estimate of drug-likeness (QED) is 0.699. The van der Waals surface area contributed by atoms with Crippen molar-refractivity contribution in [1.82, 2.24) is 0 Å². The molecule has 2 rings (SSSR count). The largest absolute Gasteiger partial charge is 0.467 e. The molecular formula is C12H14O3. The normalized spacial score (nSPS) is 24.4. The molecule has 15 heavy (non-hydrogen) atoms. The van der Waals surface area contributed by atoms with Gasteiger partial charge in [0.25, 0.3) is 0 Å². The van der Waals surface area contributed by atoms with Crippen molar-refractivity contribution >= 4 is 5.97 Å². The highest BCUT2D eigenvalue weighted by Crippen LogP contribution is 2.29. The molecule has 0 saturated carbocycles. The van der Waals surface area contributed by atoms with Crippen LogP contribution in [0.4, 0.5) is 0 Å². The van der Waals surface area contributed by atoms with Gasteiger partial charge in [-0.3, -0.25) is 0 Å². The Labute approximate surface area is 88.7 Å². The van der Waals surface area contributed by atoms with Crippen LogP contribution in [0.3, 0.4) is 0 Å². The molecule has 0 radical (unpaired) electrons. The highest BCUT2D eigenvalue weighted by atomic mass is 16.5. The Morgan fingerprint density at radius 2 is 2.07 bits per heavy atom. The highest BCUT2D eigenvalue weighted by molar-refractivity contribution is 5.80. The van der Waals surface area contributed by atoms with Crippen LogP contribution in [0.15, 0.2) is 24.3 Å². The van der Waals surface area contributed by atoms with Crippen molar-refractivity contribution < 1.29 is 14.6 Å². The van der Waals surface area contributed by atoms with E-state index in [2.05, 4.69) is 4.74 Å². The van der Waals surface area contributed by atoms with Crippen LogP contribution in [-0.4, -0.2) is 23.8 Å². The minimum absolute atomic E-state index is 0.357. The van der Waals surface area contributed by atoms with E-state index < -0.39 is 11.6 Å². The lowest BCUT2D eigenvalue weighted by molar-refractivity contribution is -0.163. The third kappa shape index (κ3) is 1.75. The van der Waals surface area contributed by atoms with Crippen LogP contribution in [-0.2, 0) is 22.4 Å². The Morgan fingerprint density at radius 3 is 2.73 bits per heavy atom. The molecule has 0 fully saturated rings. The molecule has 1 atom stereocenters. The first kappa shape index (κ1) is 10.2. The number of rotatable bonds is 1. The summed E-state index contributed by atoms with van der Waals surface area (Å²) in [6, 6.07) is 7.87. The van der Waals surface area contributed by atoms with E-state index in [1.54, 1.807) is 0 Å². The summed E-state index contributed by atoms with van der Waals surface area (Å²) in [5.74, 6) is -0.531. The number of ether oxygens (including phenoxy) is 1. The summed E-state index contributed by atoms with van der Waals surface area (Å²) in [6.45, 7) is 0. The summed E-state index contributed by atoms with van der Waals surface area (Å²) in [6.07, 6.45) is 1.52. The number of aryl methyl sites for hydroxylation is 1. The van der Waals surface area contributed by atoms with Gasteiger partial charge in [-0.25, -0.2) is 4.79 Å². The molecule has 0 bridgehead atoms. The average molecular weight is 206 g/mol. The molecule has 1 unspecified atom stereocenters. The van der Waals surface area contributed by atoms with Crippen LogP contribution in [0, 0.1) is 0 Å². The van der Waals surface area contributed by atoms with Crippen molar-refractivity contribution in [3.63, 3.8) is 0 Å². The van der Waals surface area contributed by atoms with Crippen molar-refractivity contribution in [2.24, 2.45) is 0 Å². The maximum absolute atomic E-state index is 11.4. The number of carbonyl (C=O) groups excluding carboxylic acids is 1. The van der Waals surface area contributed by atoms with E-state index in [0.717, 1.165) is 12.0 Å². The SMILES string of the molecule is COC(=O)C1(O)CCc2ccccc2C1. The number of fused-ring (bicyclic) bond motifs is 1. The fourth-order valence-corrected chi connectivity index (χ4v) is 2.08. The van der Waals surface area contributed by atoms with Crippen LogP contribution in [0.2, 0.25) is 0 Å². The first-order valence-electron chi connectivity index (χ1n) is 5.03. The molecule has 1 aromatic rings. The van der Waals surface area contributed by atoms with E-state index in [1.807, 2.05) is 24.3 Å². The molecule has 0 saturated heterocycles. The Bertz CT molecular complexity index is 386. The molecule has 0 spiro atoms. The second-order valence-corrected chi connectivity index (χ2v) is 3.97. The summed E-state index contributed by atoms with van der Waals surface area (Å²) < 4.78 is 4.62. The van der Waals surface area contributed by atoms with Gasteiger partial charge < -0.3 is 9.84 Å². The van der Waals surface area contributed by atoms with E-state index in [0.29, 0.717) is 12.8 Å². The molecular weight excluding hydrogens is 192 g/mol. The smallest absolute Gasteiger partial charge is 0.338 e. The van der Waals surface area contributed by atoms with Crippen molar-refractivity contribution in [2.45, 2.75) is 24.9 Å². The van der Waals surface area contributed by atoms with Gasteiger partial charge in [0, 0.05) is 6.42 Å². The number of hydrogen-bond acceptors (Lipinski definition) is 3. The van der Waals surface area contributed by atoms with E-state index in [9.17, 15) is 9.90 Å². The molecule has 3 nitrogen and oxygen atoms in total. The maximum Gasteiger partial charge on any atom is 0.338 e. The van der Waals surface area contributed by atoms with Gasteiger partial charge in [0.05, 0.1) is 7.11 Å². The molecule has 0 amide bonds. The average Bonchev–Trinajstić information content (AvgIpc) is 2.27. The van der Waals surface area contributed by atoms with Crippen molar-refractivity contribution in [3.8, 4) is 0 Å². The predicted molar refractivity (Wildman–Crippen MR) is 55.4 cm³/mol. The van der Waals surface area contributed by atoms with Gasteiger partial charge in [-0.15, -0.1) is 0 Å². The Kier molecular flexibility index (Phi) is 2.49. The minimum Gasteiger partial charge on any atom is -0.467 e. The van der Waals surface area contributed by atoms with E-state index in [-0.39, 0.29) is 0 Å². The van der Waals surface area contributed by atoms with Crippen LogP contribution >= 0.6 is 0 Å². The van der Waals surface area contributed by atoms with Gasteiger partial charge >= 0.3 is 5.97 Å². The first-order chi connectivity index (χ1) is 7.15. The number of methoxy groups -OCH3 is 1. The third-order valence-electron chi connectivity index (χ3n) is 2.97. The number of carbonyl (C=O) groups is 1. The second-order valence-electron chi connectivity index (χ2n) is 3.97. The molecule has 0 heterocycles. The highest BCUT2D eigenvalue weighted by Gasteiger charge is 2.40. The molecule has 3 heteroatoms. The Morgan fingerprint density at radius 1 is 1.40 bits per heavy atom. The number of esters is 1. The van der Waals surface area contributed by atoms with Crippen LogP contribution in [0.1, 0.15) is 17.5 Å². The molecule has 80 valence electrons. The maximum atomic E-state index is 11.4. The number of aliphatic hydroxyl groups is 1. The van der Waals surface area contributed by atoms with Gasteiger partial charge in [-0.2, -0.15) is 0 Å². The summed E-state index contributed by atoms with van der Waals surface area (Å²) >= 11 is 0. The zero-order valence-corrected chi connectivity index (χ0v) is 8.69. The monoisotopic (exact) mass is 206 g/mol. The topological polar surface area (TPSA) is 46.5 Å². The summed E-state index contributed by atoms with van der Waals surface area (Å²) in [7, 11) is 1.31. The van der Waals surface area contributed by atoms with Crippen molar-refractivity contribution in [1.29, 1.82) is 0 Å². The van der Waals surface area contributed by atoms with Crippen molar-refractivity contribution in [3.05, 3.63) is 35.4 Å². The standard InChI is InChI=1S/C12H14O3/c1-15-11(13)12(14)7-6-9-4-2-3-5-10(9)8-12/h2-5,14H,6-8H2,1H3. The van der Waals surface area contributed by atoms with Gasteiger partial charge in [0.1, 0.15) is 0 Å². The van der Waals surface area contributed by atoms with Crippen LogP contribution < -0.4 is 0 Å². The van der Waals surface area contributed by atoms with Crippen LogP contribution in [0.5, 0.6) is 0 Å². The van der Waals surface area contributed by atoms with Crippen LogP contribution in [0.25, 0.3) is 0 Å². The number of hydrogen-bond donors (Lipinski definition) is 1. The van der Waals surface area contributed by atoms with E-state index in [1.165, 1.54) is 12.7 Å². The summed E-state index contributed by atoms with van der Waals surface area (Å²) in [5, 5.41) is 10.1. The first-order valence-corrected chi connectivity index (χ1v) is 5.03. The van der Waals surface area contributed by atoms with E-state index in [4.69, 9.17) is 0 Å². The number of benzene rings is 1. The lowest BCUT2D eigenvalue weighted by Gasteiger charge is -2.30. The van der Waals surface area contributed by atoms with E-state index >= 15 is 0 Å². The van der Waals surface area contributed by atoms with Gasteiger partial charge in [-0.05, 0) is 24.0 Å². The Hall–Kier alpha value is -1.35. The molecule has 1 aliphatic carbocycles. The fraction of sp³-hybridized carbons (Fsp3) is 0.417.